The lowest BCUT2D eigenvalue weighted by molar-refractivity contribution is -0.147. The Kier molecular flexibility index (Phi) is 9.06. The summed E-state index contributed by atoms with van der Waals surface area (Å²) in [5, 5.41) is 2.58. The second kappa shape index (κ2) is 12.0. The average molecular weight is 489 g/mol. The number of benzene rings is 2. The molecule has 9 heteroatoms. The highest BCUT2D eigenvalue weighted by atomic mass is 32.2. The predicted octanol–water partition coefficient (Wildman–Crippen LogP) is 3.76. The third-order valence-electron chi connectivity index (χ3n) is 6.05. The number of hydrogen-bond donors (Lipinski definition) is 1. The number of rotatable bonds is 10. The molecular weight excluding hydrogens is 456 g/mol. The van der Waals surface area contributed by atoms with E-state index in [-0.39, 0.29) is 23.0 Å². The average Bonchev–Trinajstić information content (AvgIpc) is 2.86. The summed E-state index contributed by atoms with van der Waals surface area (Å²) in [6.45, 7) is -0.492. The molecule has 0 unspecified atom stereocenters. The van der Waals surface area contributed by atoms with Crippen LogP contribution in [0.4, 0.5) is 5.69 Å². The molecule has 2 aromatic carbocycles. The molecule has 1 N–H and O–H groups in total. The van der Waals surface area contributed by atoms with Gasteiger partial charge in [-0.05, 0) is 49.1 Å². The Morgan fingerprint density at radius 3 is 2.38 bits per heavy atom. The summed E-state index contributed by atoms with van der Waals surface area (Å²) >= 11 is 0. The van der Waals surface area contributed by atoms with Gasteiger partial charge in [-0.1, -0.05) is 43.5 Å². The fourth-order valence-corrected chi connectivity index (χ4v) is 5.60. The van der Waals surface area contributed by atoms with Crippen LogP contribution in [0.1, 0.15) is 44.1 Å². The molecule has 0 heterocycles. The maximum absolute atomic E-state index is 13.2. The summed E-state index contributed by atoms with van der Waals surface area (Å²) in [4.78, 5) is 24.5. The van der Waals surface area contributed by atoms with Crippen molar-refractivity contribution in [3.05, 3.63) is 54.1 Å². The smallest absolute Gasteiger partial charge is 0.306 e. The monoisotopic (exact) mass is 488 g/mol. The summed E-state index contributed by atoms with van der Waals surface area (Å²) in [6.07, 6.45) is 5.39. The molecule has 0 atom stereocenters. The van der Waals surface area contributed by atoms with Gasteiger partial charge in [0.2, 0.25) is 10.0 Å². The van der Waals surface area contributed by atoms with Crippen LogP contribution >= 0.6 is 0 Å². The number of amides is 1. The van der Waals surface area contributed by atoms with Crippen molar-refractivity contribution >= 4 is 27.6 Å². The SMILES string of the molecule is COc1ccc(CCC(=O)OCC(=O)Nc2ccccc2S(=O)(=O)N(C)C2CCCCC2)cc1. The Labute approximate surface area is 201 Å². The number of ether oxygens (including phenoxy) is 2. The Balaban J connectivity index is 1.55. The zero-order valence-corrected chi connectivity index (χ0v) is 20.5. The van der Waals surface area contributed by atoms with Crippen molar-refractivity contribution < 1.29 is 27.5 Å². The Bertz CT molecular complexity index is 1080. The molecule has 34 heavy (non-hydrogen) atoms. The van der Waals surface area contributed by atoms with E-state index in [1.165, 1.54) is 16.4 Å². The van der Waals surface area contributed by atoms with E-state index in [1.54, 1.807) is 26.3 Å². The zero-order chi connectivity index (χ0) is 24.6. The van der Waals surface area contributed by atoms with Crippen molar-refractivity contribution in [1.82, 2.24) is 4.31 Å². The van der Waals surface area contributed by atoms with Crippen LogP contribution in [0.3, 0.4) is 0 Å². The van der Waals surface area contributed by atoms with Crippen LogP contribution in [0.2, 0.25) is 0 Å². The number of carbonyl (C=O) groups excluding carboxylic acids is 2. The first kappa shape index (κ1) is 25.7. The highest BCUT2D eigenvalue weighted by Gasteiger charge is 2.31. The second-order valence-corrected chi connectivity index (χ2v) is 10.3. The molecule has 1 amide bonds. The van der Waals surface area contributed by atoms with Gasteiger partial charge >= 0.3 is 5.97 Å². The molecule has 2 aromatic rings. The quantitative estimate of drug-likeness (QED) is 0.511. The lowest BCUT2D eigenvalue weighted by Gasteiger charge is -2.30. The number of sulfonamides is 1. The molecule has 184 valence electrons. The first-order valence-electron chi connectivity index (χ1n) is 11.5. The van der Waals surface area contributed by atoms with Crippen LogP contribution in [-0.4, -0.2) is 51.4 Å². The van der Waals surface area contributed by atoms with E-state index in [1.807, 2.05) is 24.3 Å². The minimum absolute atomic E-state index is 0.0299. The molecule has 1 aliphatic carbocycles. The number of carbonyl (C=O) groups is 2. The van der Waals surface area contributed by atoms with E-state index in [2.05, 4.69) is 5.32 Å². The maximum Gasteiger partial charge on any atom is 0.306 e. The highest BCUT2D eigenvalue weighted by Crippen LogP contribution is 2.29. The minimum atomic E-state index is -3.79. The molecule has 8 nitrogen and oxygen atoms in total. The van der Waals surface area contributed by atoms with Crippen molar-refractivity contribution in [3.63, 3.8) is 0 Å². The van der Waals surface area contributed by atoms with Gasteiger partial charge in [-0.15, -0.1) is 0 Å². The largest absolute Gasteiger partial charge is 0.497 e. The van der Waals surface area contributed by atoms with Crippen molar-refractivity contribution in [2.45, 2.75) is 55.9 Å². The third-order valence-corrected chi connectivity index (χ3v) is 8.02. The highest BCUT2D eigenvalue weighted by molar-refractivity contribution is 7.89. The number of nitrogens with one attached hydrogen (secondary N) is 1. The molecule has 1 fully saturated rings. The van der Waals surface area contributed by atoms with Crippen molar-refractivity contribution in [2.24, 2.45) is 0 Å². The molecule has 1 aliphatic rings. The minimum Gasteiger partial charge on any atom is -0.497 e. The van der Waals surface area contributed by atoms with E-state index < -0.39 is 28.5 Å². The third kappa shape index (κ3) is 6.80. The molecule has 0 saturated heterocycles. The van der Waals surface area contributed by atoms with E-state index in [0.29, 0.717) is 6.42 Å². The summed E-state index contributed by atoms with van der Waals surface area (Å²) in [7, 11) is -0.613. The lowest BCUT2D eigenvalue weighted by atomic mass is 9.96. The lowest BCUT2D eigenvalue weighted by Crippen LogP contribution is -2.38. The number of methoxy groups -OCH3 is 1. The van der Waals surface area contributed by atoms with Crippen molar-refractivity contribution in [1.29, 1.82) is 0 Å². The summed E-state index contributed by atoms with van der Waals surface area (Å²) in [5.41, 5.74) is 1.12. The van der Waals surface area contributed by atoms with Gasteiger partial charge < -0.3 is 14.8 Å². The van der Waals surface area contributed by atoms with E-state index in [9.17, 15) is 18.0 Å². The van der Waals surface area contributed by atoms with Gasteiger partial charge in [0.05, 0.1) is 12.8 Å². The first-order valence-corrected chi connectivity index (χ1v) is 12.9. The molecule has 0 spiro atoms. The van der Waals surface area contributed by atoms with Gasteiger partial charge in [0.25, 0.3) is 5.91 Å². The Morgan fingerprint density at radius 1 is 1.03 bits per heavy atom. The summed E-state index contributed by atoms with van der Waals surface area (Å²) in [6, 6.07) is 13.6. The second-order valence-electron chi connectivity index (χ2n) is 8.37. The van der Waals surface area contributed by atoms with Gasteiger partial charge in [-0.2, -0.15) is 4.31 Å². The fourth-order valence-electron chi connectivity index (χ4n) is 4.03. The molecule has 0 radical (unpaired) electrons. The summed E-state index contributed by atoms with van der Waals surface area (Å²) < 4.78 is 38.1. The van der Waals surface area contributed by atoms with Crippen molar-refractivity contribution in [3.8, 4) is 5.75 Å². The maximum atomic E-state index is 13.2. The van der Waals surface area contributed by atoms with Crippen LogP contribution in [0.15, 0.2) is 53.4 Å². The van der Waals surface area contributed by atoms with Gasteiger partial charge in [-0.25, -0.2) is 8.42 Å². The fraction of sp³-hybridized carbons (Fsp3) is 0.440. The van der Waals surface area contributed by atoms with Crippen molar-refractivity contribution in [2.75, 3.05) is 26.1 Å². The van der Waals surface area contributed by atoms with Crippen LogP contribution in [-0.2, 0) is 30.8 Å². The van der Waals surface area contributed by atoms with Gasteiger partial charge in [0.15, 0.2) is 6.61 Å². The summed E-state index contributed by atoms with van der Waals surface area (Å²) in [5.74, 6) is -0.375. The molecule has 3 rings (SSSR count). The normalized spacial score (nSPS) is 14.6. The molecular formula is C25H32N2O6S. The number of para-hydroxylation sites is 1. The standard InChI is InChI=1S/C25H32N2O6S/c1-27(20-8-4-3-5-9-20)34(30,31)23-11-7-6-10-22(23)26-24(28)18-33-25(29)17-14-19-12-15-21(32-2)16-13-19/h6-7,10-13,15-16,20H,3-5,8-9,14,17-18H2,1-2H3,(H,26,28). The topological polar surface area (TPSA) is 102 Å². The van der Waals surface area contributed by atoms with Gasteiger partial charge in [0, 0.05) is 19.5 Å². The molecule has 0 aliphatic heterocycles. The first-order chi connectivity index (χ1) is 16.3. The Morgan fingerprint density at radius 2 is 1.71 bits per heavy atom. The number of hydrogen-bond acceptors (Lipinski definition) is 6. The number of aryl methyl sites for hydroxylation is 1. The number of esters is 1. The number of anilines is 1. The molecule has 1 saturated carbocycles. The van der Waals surface area contributed by atoms with E-state index >= 15 is 0 Å². The van der Waals surface area contributed by atoms with Crippen LogP contribution in [0, 0.1) is 0 Å². The van der Waals surface area contributed by atoms with Crippen LogP contribution in [0.5, 0.6) is 5.75 Å². The van der Waals surface area contributed by atoms with E-state index in [4.69, 9.17) is 9.47 Å². The van der Waals surface area contributed by atoms with Gasteiger partial charge in [-0.3, -0.25) is 9.59 Å². The molecule has 0 bridgehead atoms. The number of nitrogens with zero attached hydrogens (tertiary/aromatic N) is 1. The molecule has 0 aromatic heterocycles. The Hall–Kier alpha value is -2.91. The van der Waals surface area contributed by atoms with E-state index in [0.717, 1.165) is 43.4 Å². The zero-order valence-electron chi connectivity index (χ0n) is 19.7. The van der Waals surface area contributed by atoms with Crippen LogP contribution < -0.4 is 10.1 Å². The van der Waals surface area contributed by atoms with Gasteiger partial charge in [0.1, 0.15) is 10.6 Å². The van der Waals surface area contributed by atoms with Crippen LogP contribution in [0.25, 0.3) is 0 Å². The predicted molar refractivity (Wildman–Crippen MR) is 129 cm³/mol.